The molecular formula is C16H22N2O. The van der Waals surface area contributed by atoms with Crippen molar-refractivity contribution >= 4 is 17.8 Å². The Hall–Kier alpha value is -1.51. The highest BCUT2D eigenvalue weighted by Crippen LogP contribution is 2.30. The van der Waals surface area contributed by atoms with Gasteiger partial charge in [0.1, 0.15) is 6.29 Å². The molecule has 0 saturated heterocycles. The van der Waals surface area contributed by atoms with E-state index in [-0.39, 0.29) is 5.41 Å². The standard InChI is InChI=1S/C16H22N2O/c1-16(2,3)14-10-8-12-7-9-13(6-4-5-11-19)17-15(12)18-14/h7,9,11H,4-6,8,10H2,1-3H3. The Morgan fingerprint density at radius 2 is 2.05 bits per heavy atom. The molecule has 1 aliphatic rings. The Morgan fingerprint density at radius 3 is 2.74 bits per heavy atom. The molecule has 0 atom stereocenters. The number of carbonyl (C=O) groups excluding carboxylic acids is 1. The molecule has 3 heteroatoms. The van der Waals surface area contributed by atoms with Gasteiger partial charge in [0.05, 0.1) is 0 Å². The average molecular weight is 258 g/mol. The lowest BCUT2D eigenvalue weighted by Crippen LogP contribution is -2.23. The molecule has 0 N–H and O–H groups in total. The first-order valence-electron chi connectivity index (χ1n) is 7.01. The molecular weight excluding hydrogens is 236 g/mol. The quantitative estimate of drug-likeness (QED) is 0.611. The van der Waals surface area contributed by atoms with Crippen LogP contribution in [0.5, 0.6) is 0 Å². The van der Waals surface area contributed by atoms with E-state index in [1.54, 1.807) is 0 Å². The van der Waals surface area contributed by atoms with Crippen molar-refractivity contribution in [2.75, 3.05) is 0 Å². The van der Waals surface area contributed by atoms with Gasteiger partial charge in [0.2, 0.25) is 0 Å². The third-order valence-corrected chi connectivity index (χ3v) is 3.51. The van der Waals surface area contributed by atoms with E-state index in [1.807, 2.05) is 0 Å². The zero-order valence-electron chi connectivity index (χ0n) is 12.1. The zero-order valence-corrected chi connectivity index (χ0v) is 12.1. The maximum absolute atomic E-state index is 10.3. The van der Waals surface area contributed by atoms with Crippen LogP contribution in [0.15, 0.2) is 17.1 Å². The van der Waals surface area contributed by atoms with Gasteiger partial charge in [-0.05, 0) is 37.3 Å². The van der Waals surface area contributed by atoms with Gasteiger partial charge >= 0.3 is 0 Å². The summed E-state index contributed by atoms with van der Waals surface area (Å²) in [5.74, 6) is 0.889. The number of pyridine rings is 1. The molecule has 0 saturated carbocycles. The number of aryl methyl sites for hydroxylation is 2. The van der Waals surface area contributed by atoms with Crippen LogP contribution in [-0.2, 0) is 17.6 Å². The van der Waals surface area contributed by atoms with E-state index in [1.165, 1.54) is 11.3 Å². The first-order chi connectivity index (χ1) is 9.00. The Labute approximate surface area is 115 Å². The first-order valence-corrected chi connectivity index (χ1v) is 7.01. The van der Waals surface area contributed by atoms with E-state index in [0.717, 1.165) is 43.5 Å². The predicted octanol–water partition coefficient (Wildman–Crippen LogP) is 3.67. The molecule has 0 unspecified atom stereocenters. The van der Waals surface area contributed by atoms with Crippen LogP contribution in [0, 0.1) is 5.41 Å². The van der Waals surface area contributed by atoms with E-state index >= 15 is 0 Å². The zero-order chi connectivity index (χ0) is 13.9. The smallest absolute Gasteiger partial charge is 0.155 e. The highest BCUT2D eigenvalue weighted by molar-refractivity contribution is 5.92. The van der Waals surface area contributed by atoms with Crippen molar-refractivity contribution in [2.24, 2.45) is 10.4 Å². The van der Waals surface area contributed by atoms with Crippen molar-refractivity contribution in [1.29, 1.82) is 0 Å². The van der Waals surface area contributed by atoms with Gasteiger partial charge in [0, 0.05) is 23.2 Å². The summed E-state index contributed by atoms with van der Waals surface area (Å²) in [6.07, 6.45) is 5.36. The second kappa shape index (κ2) is 5.64. The summed E-state index contributed by atoms with van der Waals surface area (Å²) in [7, 11) is 0. The minimum Gasteiger partial charge on any atom is -0.303 e. The number of unbranched alkanes of at least 4 members (excludes halogenated alkanes) is 1. The SMILES string of the molecule is CC(C)(C)C1=Nc2nc(CCCC=O)ccc2CC1. The summed E-state index contributed by atoms with van der Waals surface area (Å²) in [4.78, 5) is 19.7. The van der Waals surface area contributed by atoms with Gasteiger partial charge < -0.3 is 4.79 Å². The summed E-state index contributed by atoms with van der Waals surface area (Å²) >= 11 is 0. The van der Waals surface area contributed by atoms with E-state index in [9.17, 15) is 4.79 Å². The molecule has 0 amide bonds. The summed E-state index contributed by atoms with van der Waals surface area (Å²) in [6.45, 7) is 6.60. The minimum absolute atomic E-state index is 0.118. The number of aromatic nitrogens is 1. The predicted molar refractivity (Wildman–Crippen MR) is 78.1 cm³/mol. The number of hydrogen-bond acceptors (Lipinski definition) is 3. The van der Waals surface area contributed by atoms with Gasteiger partial charge in [-0.1, -0.05) is 26.8 Å². The fourth-order valence-electron chi connectivity index (χ4n) is 2.29. The van der Waals surface area contributed by atoms with Crippen LogP contribution in [0.4, 0.5) is 5.82 Å². The molecule has 0 spiro atoms. The van der Waals surface area contributed by atoms with E-state index in [0.29, 0.717) is 6.42 Å². The molecule has 2 heterocycles. The Kier molecular flexibility index (Phi) is 4.13. The lowest BCUT2D eigenvalue weighted by Gasteiger charge is -2.25. The molecule has 0 aromatic carbocycles. The maximum atomic E-state index is 10.3. The summed E-state index contributed by atoms with van der Waals surface area (Å²) < 4.78 is 0. The van der Waals surface area contributed by atoms with Crippen molar-refractivity contribution in [3.05, 3.63) is 23.4 Å². The maximum Gasteiger partial charge on any atom is 0.155 e. The van der Waals surface area contributed by atoms with Crippen molar-refractivity contribution < 1.29 is 4.79 Å². The molecule has 1 aromatic rings. The van der Waals surface area contributed by atoms with Crippen LogP contribution >= 0.6 is 0 Å². The van der Waals surface area contributed by atoms with Crippen LogP contribution in [0.2, 0.25) is 0 Å². The van der Waals surface area contributed by atoms with Crippen molar-refractivity contribution in [3.63, 3.8) is 0 Å². The number of rotatable bonds is 4. The Balaban J connectivity index is 2.20. The summed E-state index contributed by atoms with van der Waals surface area (Å²) in [5, 5.41) is 0. The van der Waals surface area contributed by atoms with Gasteiger partial charge in [0.25, 0.3) is 0 Å². The van der Waals surface area contributed by atoms with Gasteiger partial charge in [-0.3, -0.25) is 0 Å². The highest BCUT2D eigenvalue weighted by atomic mass is 16.1. The van der Waals surface area contributed by atoms with Crippen LogP contribution < -0.4 is 0 Å². The highest BCUT2D eigenvalue weighted by Gasteiger charge is 2.23. The van der Waals surface area contributed by atoms with Gasteiger partial charge in [-0.2, -0.15) is 0 Å². The van der Waals surface area contributed by atoms with Crippen LogP contribution in [0.3, 0.4) is 0 Å². The van der Waals surface area contributed by atoms with Crippen LogP contribution in [0.25, 0.3) is 0 Å². The van der Waals surface area contributed by atoms with Crippen molar-refractivity contribution in [1.82, 2.24) is 4.98 Å². The van der Waals surface area contributed by atoms with Gasteiger partial charge in [-0.15, -0.1) is 0 Å². The number of aliphatic imine (C=N–C) groups is 1. The summed E-state index contributed by atoms with van der Waals surface area (Å²) in [5.41, 5.74) is 3.64. The fraction of sp³-hybridized carbons (Fsp3) is 0.562. The lowest BCUT2D eigenvalue weighted by atomic mass is 9.85. The van der Waals surface area contributed by atoms with Gasteiger partial charge in [-0.25, -0.2) is 9.98 Å². The third-order valence-electron chi connectivity index (χ3n) is 3.51. The normalized spacial score (nSPS) is 14.8. The monoisotopic (exact) mass is 258 g/mol. The molecule has 0 radical (unpaired) electrons. The third kappa shape index (κ3) is 3.49. The van der Waals surface area contributed by atoms with E-state index in [4.69, 9.17) is 4.99 Å². The fourth-order valence-corrected chi connectivity index (χ4v) is 2.29. The number of aldehydes is 1. The molecule has 1 aliphatic heterocycles. The molecule has 19 heavy (non-hydrogen) atoms. The van der Waals surface area contributed by atoms with E-state index < -0.39 is 0 Å². The molecule has 3 nitrogen and oxygen atoms in total. The minimum atomic E-state index is 0.118. The number of nitrogens with zero attached hydrogens (tertiary/aromatic N) is 2. The lowest BCUT2D eigenvalue weighted by molar-refractivity contribution is -0.107. The van der Waals surface area contributed by atoms with E-state index in [2.05, 4.69) is 37.9 Å². The number of hydrogen-bond donors (Lipinski definition) is 0. The largest absolute Gasteiger partial charge is 0.303 e. The second-order valence-corrected chi connectivity index (χ2v) is 6.15. The Morgan fingerprint density at radius 1 is 1.26 bits per heavy atom. The molecule has 1 aromatic heterocycles. The van der Waals surface area contributed by atoms with Crippen LogP contribution in [0.1, 0.15) is 51.3 Å². The average Bonchev–Trinajstić information content (AvgIpc) is 2.37. The molecule has 2 rings (SSSR count). The van der Waals surface area contributed by atoms with Gasteiger partial charge in [0.15, 0.2) is 5.82 Å². The number of carbonyl (C=O) groups is 1. The number of fused-ring (bicyclic) bond motifs is 1. The topological polar surface area (TPSA) is 42.3 Å². The molecule has 0 fully saturated rings. The first kappa shape index (κ1) is 13.9. The Bertz CT molecular complexity index is 498. The van der Waals surface area contributed by atoms with Crippen molar-refractivity contribution in [3.8, 4) is 0 Å². The van der Waals surface area contributed by atoms with Crippen LogP contribution in [-0.4, -0.2) is 17.0 Å². The van der Waals surface area contributed by atoms with Crippen molar-refractivity contribution in [2.45, 2.75) is 52.9 Å². The molecule has 0 aliphatic carbocycles. The molecule has 102 valence electrons. The molecule has 0 bridgehead atoms. The second-order valence-electron chi connectivity index (χ2n) is 6.15. The summed E-state index contributed by atoms with van der Waals surface area (Å²) in [6, 6.07) is 4.21.